The molecule has 1 heterocycles. The van der Waals surface area contributed by atoms with Crippen molar-refractivity contribution in [2.24, 2.45) is 0 Å². The van der Waals surface area contributed by atoms with Crippen LogP contribution in [0, 0.1) is 0 Å². The zero-order chi connectivity index (χ0) is 15.0. The lowest BCUT2D eigenvalue weighted by Crippen LogP contribution is -2.59. The number of carbonyl (C=O) groups excluding carboxylic acids is 1. The molecule has 1 aromatic rings. The van der Waals surface area contributed by atoms with Crippen molar-refractivity contribution in [3.63, 3.8) is 0 Å². The van der Waals surface area contributed by atoms with Crippen LogP contribution < -0.4 is 10.2 Å². The quantitative estimate of drug-likeness (QED) is 0.882. The Hall–Kier alpha value is -1.88. The van der Waals surface area contributed by atoms with Crippen LogP contribution in [0.5, 0.6) is 0 Å². The molecular formula is C16H20N2O3. The monoisotopic (exact) mass is 288 g/mol. The molecule has 3 rings (SSSR count). The maximum absolute atomic E-state index is 12.5. The number of nitrogens with zero attached hydrogens (tertiary/aromatic N) is 1. The van der Waals surface area contributed by atoms with Gasteiger partial charge in [-0.2, -0.15) is 0 Å². The largest absolute Gasteiger partial charge is 0.480 e. The number of nitrogens with one attached hydrogen (secondary N) is 1. The minimum absolute atomic E-state index is 0.0556. The number of amides is 1. The van der Waals surface area contributed by atoms with E-state index in [0.717, 1.165) is 18.5 Å². The van der Waals surface area contributed by atoms with Crippen molar-refractivity contribution < 1.29 is 14.7 Å². The highest BCUT2D eigenvalue weighted by atomic mass is 16.4. The smallest absolute Gasteiger partial charge is 0.323 e. The van der Waals surface area contributed by atoms with Gasteiger partial charge in [0.1, 0.15) is 5.54 Å². The van der Waals surface area contributed by atoms with Gasteiger partial charge in [0, 0.05) is 11.7 Å². The van der Waals surface area contributed by atoms with E-state index in [4.69, 9.17) is 0 Å². The predicted octanol–water partition coefficient (Wildman–Crippen LogP) is 1.56. The first-order valence-corrected chi connectivity index (χ1v) is 7.42. The van der Waals surface area contributed by atoms with Crippen molar-refractivity contribution in [1.82, 2.24) is 5.32 Å². The van der Waals surface area contributed by atoms with Gasteiger partial charge >= 0.3 is 5.97 Å². The number of para-hydroxylation sites is 1. The fourth-order valence-corrected chi connectivity index (χ4v) is 3.27. The Morgan fingerprint density at radius 3 is 2.71 bits per heavy atom. The molecule has 1 aliphatic carbocycles. The second-order valence-corrected chi connectivity index (χ2v) is 6.04. The lowest BCUT2D eigenvalue weighted by Gasteiger charge is -2.38. The van der Waals surface area contributed by atoms with Crippen LogP contribution in [0.15, 0.2) is 24.3 Å². The van der Waals surface area contributed by atoms with Crippen molar-refractivity contribution in [3.05, 3.63) is 29.8 Å². The van der Waals surface area contributed by atoms with Crippen molar-refractivity contribution in [3.8, 4) is 0 Å². The molecule has 0 saturated heterocycles. The minimum Gasteiger partial charge on any atom is -0.480 e. The van der Waals surface area contributed by atoms with Crippen molar-refractivity contribution in [2.45, 2.75) is 44.2 Å². The van der Waals surface area contributed by atoms with Gasteiger partial charge in [-0.3, -0.25) is 14.9 Å². The van der Waals surface area contributed by atoms with Crippen molar-refractivity contribution in [1.29, 1.82) is 0 Å². The normalized spacial score (nSPS) is 22.5. The van der Waals surface area contributed by atoms with Gasteiger partial charge in [-0.05, 0) is 44.2 Å². The Morgan fingerprint density at radius 1 is 1.38 bits per heavy atom. The van der Waals surface area contributed by atoms with E-state index >= 15 is 0 Å². The van der Waals surface area contributed by atoms with Crippen LogP contribution >= 0.6 is 0 Å². The molecule has 1 fully saturated rings. The average molecular weight is 288 g/mol. The Balaban J connectivity index is 1.70. The molecule has 1 saturated carbocycles. The zero-order valence-corrected chi connectivity index (χ0v) is 12.1. The first-order chi connectivity index (χ1) is 10.0. The first-order valence-electron chi connectivity index (χ1n) is 7.42. The van der Waals surface area contributed by atoms with Gasteiger partial charge in [0.05, 0.1) is 6.54 Å². The van der Waals surface area contributed by atoms with E-state index in [0.29, 0.717) is 12.8 Å². The van der Waals surface area contributed by atoms with Crippen LogP contribution in [0.3, 0.4) is 0 Å². The molecule has 1 amide bonds. The van der Waals surface area contributed by atoms with E-state index in [1.54, 1.807) is 4.90 Å². The number of hydrogen-bond donors (Lipinski definition) is 2. The van der Waals surface area contributed by atoms with Crippen LogP contribution in [0.1, 0.15) is 31.7 Å². The van der Waals surface area contributed by atoms with Crippen LogP contribution in [0.4, 0.5) is 5.69 Å². The van der Waals surface area contributed by atoms with Gasteiger partial charge in [0.15, 0.2) is 0 Å². The van der Waals surface area contributed by atoms with Gasteiger partial charge in [0.25, 0.3) is 0 Å². The molecule has 1 unspecified atom stereocenters. The van der Waals surface area contributed by atoms with Gasteiger partial charge in [-0.1, -0.05) is 18.2 Å². The fraction of sp³-hybridized carbons (Fsp3) is 0.500. The summed E-state index contributed by atoms with van der Waals surface area (Å²) in [4.78, 5) is 25.6. The van der Waals surface area contributed by atoms with Crippen LogP contribution in [-0.2, 0) is 16.0 Å². The average Bonchev–Trinajstić information content (AvgIpc) is 2.72. The standard InChI is InChI=1S/C16H20N2O3/c1-11-9-12-5-2-3-6-13(12)18(11)14(19)10-17-16(15(20)21)7-4-8-16/h2-3,5-6,11,17H,4,7-10H2,1H3,(H,20,21). The van der Waals surface area contributed by atoms with Crippen LogP contribution in [0.2, 0.25) is 0 Å². The number of benzene rings is 1. The molecule has 5 heteroatoms. The summed E-state index contributed by atoms with van der Waals surface area (Å²) in [5.74, 6) is -0.906. The number of carbonyl (C=O) groups is 2. The van der Waals surface area contributed by atoms with E-state index in [-0.39, 0.29) is 18.5 Å². The molecule has 1 aromatic carbocycles. The molecular weight excluding hydrogens is 268 g/mol. The third-order valence-electron chi connectivity index (χ3n) is 4.67. The zero-order valence-electron chi connectivity index (χ0n) is 12.1. The maximum atomic E-state index is 12.5. The van der Waals surface area contributed by atoms with E-state index in [1.807, 2.05) is 31.2 Å². The highest BCUT2D eigenvalue weighted by molar-refractivity contribution is 5.98. The summed E-state index contributed by atoms with van der Waals surface area (Å²) in [5.41, 5.74) is 1.24. The summed E-state index contributed by atoms with van der Waals surface area (Å²) in [6.45, 7) is 2.10. The van der Waals surface area contributed by atoms with E-state index < -0.39 is 11.5 Å². The van der Waals surface area contributed by atoms with Gasteiger partial charge in [0.2, 0.25) is 5.91 Å². The Labute approximate surface area is 123 Å². The summed E-state index contributed by atoms with van der Waals surface area (Å²) in [7, 11) is 0. The lowest BCUT2D eigenvalue weighted by atomic mass is 9.77. The van der Waals surface area contributed by atoms with E-state index in [1.165, 1.54) is 5.56 Å². The molecule has 0 aromatic heterocycles. The molecule has 112 valence electrons. The Bertz CT molecular complexity index is 581. The molecule has 1 atom stereocenters. The third-order valence-corrected chi connectivity index (χ3v) is 4.67. The molecule has 5 nitrogen and oxygen atoms in total. The number of fused-ring (bicyclic) bond motifs is 1. The molecule has 0 spiro atoms. The van der Waals surface area contributed by atoms with Gasteiger partial charge in [-0.25, -0.2) is 0 Å². The fourth-order valence-electron chi connectivity index (χ4n) is 3.27. The molecule has 2 N–H and O–H groups in total. The van der Waals surface area contributed by atoms with Gasteiger partial charge < -0.3 is 10.0 Å². The number of rotatable bonds is 4. The third kappa shape index (κ3) is 2.31. The minimum atomic E-state index is -0.891. The summed E-state index contributed by atoms with van der Waals surface area (Å²) in [5, 5.41) is 12.3. The highest BCUT2D eigenvalue weighted by Gasteiger charge is 2.44. The maximum Gasteiger partial charge on any atom is 0.323 e. The topological polar surface area (TPSA) is 69.6 Å². The molecule has 2 aliphatic rings. The number of anilines is 1. The van der Waals surface area contributed by atoms with Crippen LogP contribution in [0.25, 0.3) is 0 Å². The lowest BCUT2D eigenvalue weighted by molar-refractivity contribution is -0.148. The second-order valence-electron chi connectivity index (χ2n) is 6.04. The number of carboxylic acid groups (broad SMARTS) is 1. The van der Waals surface area contributed by atoms with Crippen molar-refractivity contribution >= 4 is 17.6 Å². The molecule has 0 bridgehead atoms. The highest BCUT2D eigenvalue weighted by Crippen LogP contribution is 2.33. The number of carboxylic acids is 1. The van der Waals surface area contributed by atoms with E-state index in [9.17, 15) is 14.7 Å². The Kier molecular flexibility index (Phi) is 3.45. The summed E-state index contributed by atoms with van der Waals surface area (Å²) >= 11 is 0. The SMILES string of the molecule is CC1Cc2ccccc2N1C(=O)CNC1(C(=O)O)CCC1. The molecule has 0 radical (unpaired) electrons. The number of aliphatic carboxylic acids is 1. The van der Waals surface area contributed by atoms with Crippen molar-refractivity contribution in [2.75, 3.05) is 11.4 Å². The number of hydrogen-bond acceptors (Lipinski definition) is 3. The first kappa shape index (κ1) is 14.1. The molecule has 21 heavy (non-hydrogen) atoms. The molecule has 1 aliphatic heterocycles. The summed E-state index contributed by atoms with van der Waals surface area (Å²) in [6, 6.07) is 8.02. The Morgan fingerprint density at radius 2 is 2.10 bits per heavy atom. The summed E-state index contributed by atoms with van der Waals surface area (Å²) < 4.78 is 0. The summed E-state index contributed by atoms with van der Waals surface area (Å²) in [6.07, 6.45) is 2.95. The van der Waals surface area contributed by atoms with Crippen LogP contribution in [-0.4, -0.2) is 35.1 Å². The van der Waals surface area contributed by atoms with E-state index in [2.05, 4.69) is 5.32 Å². The second kappa shape index (κ2) is 5.15. The van der Waals surface area contributed by atoms with Gasteiger partial charge in [-0.15, -0.1) is 0 Å². The predicted molar refractivity (Wildman–Crippen MR) is 79.3 cm³/mol.